The Balaban J connectivity index is 1.71. The Kier molecular flexibility index (Phi) is 7.69. The lowest BCUT2D eigenvalue weighted by molar-refractivity contribution is 0.103. The van der Waals surface area contributed by atoms with Gasteiger partial charge in [0.25, 0.3) is 0 Å². The minimum atomic E-state index is -1.44. The molecule has 0 aliphatic heterocycles. The fraction of sp³-hybridized carbons (Fsp3) is 0.343. The summed E-state index contributed by atoms with van der Waals surface area (Å²) >= 11 is 0. The maximum absolute atomic E-state index is 13.8. The number of hydrogen-bond donors (Lipinski definition) is 2. The summed E-state index contributed by atoms with van der Waals surface area (Å²) in [6.45, 7) is 19.9. The van der Waals surface area contributed by atoms with Crippen LogP contribution in [0.3, 0.4) is 0 Å². The third-order valence-electron chi connectivity index (χ3n) is 6.95. The molecule has 4 rings (SSSR count). The summed E-state index contributed by atoms with van der Waals surface area (Å²) in [5.74, 6) is 3.31. The van der Waals surface area contributed by atoms with Gasteiger partial charge in [-0.15, -0.1) is 5.54 Å². The highest BCUT2D eigenvalue weighted by Crippen LogP contribution is 2.33. The molecule has 4 heteroatoms. The van der Waals surface area contributed by atoms with Crippen molar-refractivity contribution in [1.82, 2.24) is 9.97 Å². The SMILES string of the molecule is CC(C)(C)c1cc(C(=O)c2ccc(C(c3ccc(C#C[Si](C)(C)C)cc3)c3ccc[nH]3)[nH]2)cc(C(C)(C)C)c1. The average Bonchev–Trinajstić information content (AvgIpc) is 3.55. The molecule has 202 valence electrons. The van der Waals surface area contributed by atoms with Crippen LogP contribution in [-0.2, 0) is 10.8 Å². The first kappa shape index (κ1) is 28.5. The fourth-order valence-corrected chi connectivity index (χ4v) is 5.08. The van der Waals surface area contributed by atoms with E-state index in [0.717, 1.165) is 28.1 Å². The smallest absolute Gasteiger partial charge is 0.209 e. The van der Waals surface area contributed by atoms with Crippen molar-refractivity contribution >= 4 is 13.9 Å². The fourth-order valence-electron chi connectivity index (χ4n) is 4.56. The number of carbonyl (C=O) groups excluding carboxylic acids is 1. The first-order valence-electron chi connectivity index (χ1n) is 13.8. The van der Waals surface area contributed by atoms with Crippen LogP contribution in [0.25, 0.3) is 0 Å². The summed E-state index contributed by atoms with van der Waals surface area (Å²) in [6, 6.07) is 22.9. The number of H-pyrrole nitrogens is 2. The van der Waals surface area contributed by atoms with Crippen LogP contribution in [0.15, 0.2) is 72.9 Å². The highest BCUT2D eigenvalue weighted by molar-refractivity contribution is 6.83. The van der Waals surface area contributed by atoms with Crippen LogP contribution in [0.4, 0.5) is 0 Å². The van der Waals surface area contributed by atoms with Gasteiger partial charge in [0.2, 0.25) is 5.78 Å². The van der Waals surface area contributed by atoms with Crippen molar-refractivity contribution < 1.29 is 4.79 Å². The molecule has 0 saturated carbocycles. The molecule has 0 radical (unpaired) electrons. The minimum Gasteiger partial charge on any atom is -0.364 e. The van der Waals surface area contributed by atoms with Crippen LogP contribution in [0, 0.1) is 11.5 Å². The van der Waals surface area contributed by atoms with Gasteiger partial charge in [0, 0.05) is 28.7 Å². The minimum absolute atomic E-state index is 0.0139. The predicted octanol–water partition coefficient (Wildman–Crippen LogP) is 8.58. The van der Waals surface area contributed by atoms with E-state index in [9.17, 15) is 4.79 Å². The van der Waals surface area contributed by atoms with Crippen molar-refractivity contribution in [3.05, 3.63) is 118 Å². The number of nitrogens with one attached hydrogen (secondary N) is 2. The van der Waals surface area contributed by atoms with E-state index in [1.54, 1.807) is 0 Å². The second-order valence-electron chi connectivity index (χ2n) is 13.6. The van der Waals surface area contributed by atoms with E-state index in [1.165, 1.54) is 11.1 Å². The molecule has 0 fully saturated rings. The zero-order valence-electron chi connectivity index (χ0n) is 24.9. The summed E-state index contributed by atoms with van der Waals surface area (Å²) in [7, 11) is -1.44. The van der Waals surface area contributed by atoms with Gasteiger partial charge >= 0.3 is 0 Å². The summed E-state index contributed by atoms with van der Waals surface area (Å²) in [5, 5.41) is 0. The van der Waals surface area contributed by atoms with Crippen LogP contribution in [-0.4, -0.2) is 23.8 Å². The third kappa shape index (κ3) is 6.91. The van der Waals surface area contributed by atoms with Crippen molar-refractivity contribution in [2.75, 3.05) is 0 Å². The van der Waals surface area contributed by atoms with Crippen LogP contribution in [0.5, 0.6) is 0 Å². The summed E-state index contributed by atoms with van der Waals surface area (Å²) in [4.78, 5) is 20.7. The lowest BCUT2D eigenvalue weighted by atomic mass is 9.79. The van der Waals surface area contributed by atoms with Crippen LogP contribution >= 0.6 is 0 Å². The molecule has 1 atom stereocenters. The van der Waals surface area contributed by atoms with Crippen molar-refractivity contribution in [1.29, 1.82) is 0 Å². The maximum Gasteiger partial charge on any atom is 0.209 e. The summed E-state index contributed by atoms with van der Waals surface area (Å²) in [5.41, 5.74) is 11.2. The van der Waals surface area contributed by atoms with E-state index >= 15 is 0 Å². The average molecular weight is 535 g/mol. The van der Waals surface area contributed by atoms with E-state index in [2.05, 4.69) is 131 Å². The molecule has 0 spiro atoms. The predicted molar refractivity (Wildman–Crippen MR) is 166 cm³/mol. The van der Waals surface area contributed by atoms with Crippen molar-refractivity contribution in [3.8, 4) is 11.5 Å². The highest BCUT2D eigenvalue weighted by Gasteiger charge is 2.25. The van der Waals surface area contributed by atoms with Gasteiger partial charge in [-0.25, -0.2) is 0 Å². The van der Waals surface area contributed by atoms with E-state index in [1.807, 2.05) is 24.4 Å². The Bertz CT molecular complexity index is 1470. The van der Waals surface area contributed by atoms with Gasteiger partial charge in [-0.05, 0) is 76.1 Å². The maximum atomic E-state index is 13.8. The first-order chi connectivity index (χ1) is 18.1. The molecule has 0 bridgehead atoms. The largest absolute Gasteiger partial charge is 0.364 e. The van der Waals surface area contributed by atoms with Crippen LogP contribution < -0.4 is 0 Å². The van der Waals surface area contributed by atoms with E-state index in [-0.39, 0.29) is 22.5 Å². The summed E-state index contributed by atoms with van der Waals surface area (Å²) in [6.07, 6.45) is 1.94. The number of benzene rings is 2. The molecule has 0 aliphatic rings. The number of hydrogen-bond acceptors (Lipinski definition) is 1. The normalized spacial score (nSPS) is 13.1. The van der Waals surface area contributed by atoms with Crippen LogP contribution in [0.1, 0.15) is 97.2 Å². The Morgan fingerprint density at radius 1 is 0.795 bits per heavy atom. The zero-order chi connectivity index (χ0) is 28.6. The van der Waals surface area contributed by atoms with Gasteiger partial charge in [0.05, 0.1) is 11.6 Å². The van der Waals surface area contributed by atoms with Crippen molar-refractivity contribution in [3.63, 3.8) is 0 Å². The lowest BCUT2D eigenvalue weighted by Gasteiger charge is -2.26. The second-order valence-corrected chi connectivity index (χ2v) is 18.4. The standard InChI is InChI=1S/C35H42N2OSi/c1-34(2,3)27-21-26(22-28(23-27)35(4,5)6)33(38)31-17-16-30(37-31)32(29-11-10-19-36-29)25-14-12-24(13-15-25)18-20-39(7,8)9/h10-17,19,21-23,32,36-37H,1-9H3. The monoisotopic (exact) mass is 534 g/mol. The molecule has 2 N–H and O–H groups in total. The molecule has 0 aliphatic carbocycles. The molecule has 2 aromatic heterocycles. The van der Waals surface area contributed by atoms with Gasteiger partial charge in [-0.3, -0.25) is 4.79 Å². The molecule has 0 amide bonds. The molecular formula is C35H42N2OSi. The van der Waals surface area contributed by atoms with Crippen molar-refractivity contribution in [2.24, 2.45) is 0 Å². The Hall–Kier alpha value is -3.55. The molecule has 3 nitrogen and oxygen atoms in total. The van der Waals surface area contributed by atoms with E-state index in [0.29, 0.717) is 5.69 Å². The molecular weight excluding hydrogens is 492 g/mol. The molecule has 39 heavy (non-hydrogen) atoms. The third-order valence-corrected chi connectivity index (χ3v) is 7.83. The summed E-state index contributed by atoms with van der Waals surface area (Å²) < 4.78 is 0. The lowest BCUT2D eigenvalue weighted by Crippen LogP contribution is -2.18. The first-order valence-corrected chi connectivity index (χ1v) is 17.3. The number of aromatic nitrogens is 2. The number of ketones is 1. The van der Waals surface area contributed by atoms with E-state index in [4.69, 9.17) is 0 Å². The molecule has 1 unspecified atom stereocenters. The molecule has 2 heterocycles. The second kappa shape index (κ2) is 10.5. The highest BCUT2D eigenvalue weighted by atomic mass is 28.3. The van der Waals surface area contributed by atoms with Gasteiger partial charge in [0.1, 0.15) is 8.07 Å². The number of rotatable bonds is 5. The molecule has 2 aromatic carbocycles. The van der Waals surface area contributed by atoms with Gasteiger partial charge < -0.3 is 9.97 Å². The Morgan fingerprint density at radius 2 is 1.41 bits per heavy atom. The van der Waals surface area contributed by atoms with Crippen LogP contribution in [0.2, 0.25) is 19.6 Å². The topological polar surface area (TPSA) is 48.6 Å². The van der Waals surface area contributed by atoms with Gasteiger partial charge in [-0.2, -0.15) is 0 Å². The van der Waals surface area contributed by atoms with Gasteiger partial charge in [-0.1, -0.05) is 85.3 Å². The number of aromatic amines is 2. The quantitative estimate of drug-likeness (QED) is 0.150. The zero-order valence-corrected chi connectivity index (χ0v) is 25.9. The molecule has 0 saturated heterocycles. The Morgan fingerprint density at radius 3 is 1.92 bits per heavy atom. The van der Waals surface area contributed by atoms with E-state index < -0.39 is 8.07 Å². The van der Waals surface area contributed by atoms with Gasteiger partial charge in [0.15, 0.2) is 0 Å². The Labute approximate surface area is 235 Å². The van der Waals surface area contributed by atoms with Crippen molar-refractivity contribution in [2.45, 2.75) is 77.9 Å². The molecule has 4 aromatic rings. The number of carbonyl (C=O) groups is 1.